The fraction of sp³-hybridized carbons (Fsp3) is 0.231. The molecule has 0 saturated carbocycles. The molecule has 0 aromatic heterocycles. The van der Waals surface area contributed by atoms with E-state index in [1.807, 2.05) is 26.4 Å². The van der Waals surface area contributed by atoms with E-state index in [-0.39, 0.29) is 0 Å². The fourth-order valence-corrected chi connectivity index (χ4v) is 1.92. The molecule has 0 saturated heterocycles. The lowest BCUT2D eigenvalue weighted by molar-refractivity contribution is 1.02. The Bertz CT molecular complexity index is 433. The summed E-state index contributed by atoms with van der Waals surface area (Å²) in [5, 5.41) is 11.6. The molecular formula is C13H17N3S. The van der Waals surface area contributed by atoms with Gasteiger partial charge in [-0.1, -0.05) is 18.7 Å². The number of aliphatic imine (C=N–C) groups is 1. The second-order valence-electron chi connectivity index (χ2n) is 3.06. The molecule has 0 radical (unpaired) electrons. The van der Waals surface area contributed by atoms with E-state index in [0.717, 1.165) is 16.1 Å². The molecule has 0 spiro atoms. The van der Waals surface area contributed by atoms with Gasteiger partial charge >= 0.3 is 0 Å². The van der Waals surface area contributed by atoms with E-state index in [4.69, 9.17) is 5.26 Å². The number of benzene rings is 1. The highest BCUT2D eigenvalue weighted by Crippen LogP contribution is 2.34. The van der Waals surface area contributed by atoms with Gasteiger partial charge in [0.15, 0.2) is 0 Å². The van der Waals surface area contributed by atoms with Crippen LogP contribution in [0.4, 0.5) is 5.69 Å². The first-order valence-electron chi connectivity index (χ1n) is 4.98. The van der Waals surface area contributed by atoms with E-state index >= 15 is 0 Å². The van der Waals surface area contributed by atoms with E-state index in [9.17, 15) is 0 Å². The van der Waals surface area contributed by atoms with Crippen molar-refractivity contribution in [1.29, 1.82) is 5.26 Å². The van der Waals surface area contributed by atoms with Gasteiger partial charge in [-0.2, -0.15) is 5.26 Å². The molecule has 1 aromatic rings. The topological polar surface area (TPSA) is 48.2 Å². The molecule has 17 heavy (non-hydrogen) atoms. The largest absolute Gasteiger partial charge is 0.323 e. The molecule has 0 bridgehead atoms. The summed E-state index contributed by atoms with van der Waals surface area (Å²) in [6.07, 6.45) is 3.63. The summed E-state index contributed by atoms with van der Waals surface area (Å²) in [6, 6.07) is 5.73. The summed E-state index contributed by atoms with van der Waals surface area (Å²) in [6.45, 7) is 7.19. The lowest BCUT2D eigenvalue weighted by Gasteiger charge is -2.07. The zero-order valence-electron chi connectivity index (χ0n) is 10.4. The summed E-state index contributed by atoms with van der Waals surface area (Å²) >= 11 is 1.50. The van der Waals surface area contributed by atoms with Crippen LogP contribution in [0, 0.1) is 11.3 Å². The van der Waals surface area contributed by atoms with E-state index < -0.39 is 0 Å². The highest BCUT2D eigenvalue weighted by Gasteiger charge is 2.09. The van der Waals surface area contributed by atoms with Gasteiger partial charge < -0.3 is 5.32 Å². The summed E-state index contributed by atoms with van der Waals surface area (Å²) < 4.78 is 0. The maximum atomic E-state index is 8.88. The maximum absolute atomic E-state index is 8.88. The first-order chi connectivity index (χ1) is 8.19. The van der Waals surface area contributed by atoms with Crippen LogP contribution >= 0.6 is 11.8 Å². The molecule has 1 aromatic carbocycles. The Hall–Kier alpha value is -1.57. The van der Waals surface area contributed by atoms with Crippen molar-refractivity contribution in [2.75, 3.05) is 20.4 Å². The van der Waals surface area contributed by atoms with Crippen molar-refractivity contribution >= 4 is 30.2 Å². The van der Waals surface area contributed by atoms with Crippen LogP contribution in [-0.4, -0.2) is 27.1 Å². The average molecular weight is 247 g/mol. The van der Waals surface area contributed by atoms with E-state index in [2.05, 4.69) is 29.7 Å². The van der Waals surface area contributed by atoms with Gasteiger partial charge in [-0.05, 0) is 33.1 Å². The highest BCUT2D eigenvalue weighted by atomic mass is 32.2. The molecule has 0 amide bonds. The van der Waals surface area contributed by atoms with Crippen molar-refractivity contribution in [2.45, 2.75) is 4.90 Å². The minimum absolute atomic E-state index is 0.630. The van der Waals surface area contributed by atoms with Gasteiger partial charge in [0.1, 0.15) is 6.07 Å². The number of nitriles is 1. The van der Waals surface area contributed by atoms with E-state index in [1.165, 1.54) is 11.8 Å². The number of nitrogens with zero attached hydrogens (tertiary/aromatic N) is 2. The van der Waals surface area contributed by atoms with Crippen LogP contribution < -0.4 is 5.32 Å². The predicted octanol–water partition coefficient (Wildman–Crippen LogP) is 3.09. The molecule has 0 aliphatic rings. The quantitative estimate of drug-likeness (QED) is 0.659. The Morgan fingerprint density at radius 1 is 1.47 bits per heavy atom. The van der Waals surface area contributed by atoms with E-state index in [0.29, 0.717) is 5.56 Å². The summed E-state index contributed by atoms with van der Waals surface area (Å²) in [4.78, 5) is 4.79. The molecule has 0 aliphatic carbocycles. The van der Waals surface area contributed by atoms with Crippen LogP contribution in [0.25, 0.3) is 6.08 Å². The minimum Gasteiger partial charge on any atom is -0.323 e. The molecule has 0 aliphatic heterocycles. The molecule has 1 rings (SSSR count). The fourth-order valence-electron chi connectivity index (χ4n) is 1.21. The van der Waals surface area contributed by atoms with Crippen LogP contribution in [0.5, 0.6) is 0 Å². The third-order valence-corrected chi connectivity index (χ3v) is 2.69. The van der Waals surface area contributed by atoms with Gasteiger partial charge in [-0.3, -0.25) is 4.99 Å². The van der Waals surface area contributed by atoms with Crippen LogP contribution in [0.15, 0.2) is 28.6 Å². The Morgan fingerprint density at radius 2 is 2.06 bits per heavy atom. The maximum Gasteiger partial charge on any atom is 0.100 e. The average Bonchev–Trinajstić information content (AvgIpc) is 2.37. The molecular weight excluding hydrogens is 230 g/mol. The number of hydrogen-bond acceptors (Lipinski definition) is 4. The van der Waals surface area contributed by atoms with Gasteiger partial charge in [0, 0.05) is 5.56 Å². The van der Waals surface area contributed by atoms with Crippen molar-refractivity contribution in [1.82, 2.24) is 5.32 Å². The summed E-state index contributed by atoms with van der Waals surface area (Å²) in [5.74, 6) is 0. The zero-order chi connectivity index (χ0) is 13.3. The Balaban J connectivity index is 0.000000770. The summed E-state index contributed by atoms with van der Waals surface area (Å²) in [7, 11) is 3.75. The zero-order valence-corrected chi connectivity index (χ0v) is 11.3. The van der Waals surface area contributed by atoms with Crippen LogP contribution in [0.3, 0.4) is 0 Å². The van der Waals surface area contributed by atoms with Gasteiger partial charge in [-0.15, -0.1) is 11.8 Å². The second kappa shape index (κ2) is 8.57. The Morgan fingerprint density at radius 3 is 2.41 bits per heavy atom. The number of rotatable bonds is 3. The number of hydrogen-bond donors (Lipinski definition) is 1. The van der Waals surface area contributed by atoms with Crippen LogP contribution in [-0.2, 0) is 0 Å². The molecule has 0 atom stereocenters. The monoisotopic (exact) mass is 247 g/mol. The molecule has 0 unspecified atom stereocenters. The van der Waals surface area contributed by atoms with Crippen molar-refractivity contribution < 1.29 is 0 Å². The van der Waals surface area contributed by atoms with Crippen molar-refractivity contribution in [3.8, 4) is 6.07 Å². The van der Waals surface area contributed by atoms with Crippen molar-refractivity contribution in [3.05, 3.63) is 29.8 Å². The lowest BCUT2D eigenvalue weighted by atomic mass is 10.1. The molecule has 0 fully saturated rings. The molecule has 90 valence electrons. The van der Waals surface area contributed by atoms with Gasteiger partial charge in [0.25, 0.3) is 0 Å². The van der Waals surface area contributed by atoms with Gasteiger partial charge in [0.2, 0.25) is 0 Å². The predicted molar refractivity (Wildman–Crippen MR) is 77.2 cm³/mol. The highest BCUT2D eigenvalue weighted by molar-refractivity contribution is 7.98. The van der Waals surface area contributed by atoms with Gasteiger partial charge in [0.05, 0.1) is 16.1 Å². The van der Waals surface area contributed by atoms with Crippen LogP contribution in [0.2, 0.25) is 0 Å². The standard InChI is InChI=1S/C11H10N2S.C2H7N/c1-4-8-5-6-9(7-12)11(14-3)10(8)13-2;1-3-2/h4-6H,1-2H2,3H3;3H,1-2H3. The smallest absolute Gasteiger partial charge is 0.100 e. The second-order valence-corrected chi connectivity index (χ2v) is 3.87. The molecule has 3 nitrogen and oxygen atoms in total. The number of thioether (sulfide) groups is 1. The van der Waals surface area contributed by atoms with E-state index in [1.54, 1.807) is 12.1 Å². The normalized spacial score (nSPS) is 8.59. The molecule has 0 heterocycles. The third kappa shape index (κ3) is 4.06. The Kier molecular flexibility index (Phi) is 7.78. The third-order valence-electron chi connectivity index (χ3n) is 1.87. The minimum atomic E-state index is 0.630. The molecule has 1 N–H and O–H groups in total. The summed E-state index contributed by atoms with van der Waals surface area (Å²) in [5.41, 5.74) is 2.28. The first kappa shape index (κ1) is 15.4. The lowest BCUT2D eigenvalue weighted by Crippen LogP contribution is -1.89. The van der Waals surface area contributed by atoms with Gasteiger partial charge in [-0.25, -0.2) is 0 Å². The first-order valence-corrected chi connectivity index (χ1v) is 6.21. The van der Waals surface area contributed by atoms with Crippen LogP contribution in [0.1, 0.15) is 11.1 Å². The van der Waals surface area contributed by atoms with Crippen molar-refractivity contribution in [3.63, 3.8) is 0 Å². The number of nitrogens with one attached hydrogen (secondary N) is 1. The van der Waals surface area contributed by atoms with Crippen molar-refractivity contribution in [2.24, 2.45) is 4.99 Å². The molecule has 4 heteroatoms. The SMILES string of the molecule is C=Cc1ccc(C#N)c(SC)c1N=C.CNC. The Labute approximate surface area is 107 Å².